The number of H-pyrrole nitrogens is 1. The number of nitrogens with one attached hydrogen (secondary N) is 7. The Kier molecular flexibility index (Phi) is 22.7. The number of carbonyl (C=O) groups is 8. The number of aromatic nitrogens is 2. The van der Waals surface area contributed by atoms with Gasteiger partial charge in [0.25, 0.3) is 0 Å². The van der Waals surface area contributed by atoms with Gasteiger partial charge in [-0.2, -0.15) is 0 Å². The number of hydrogen-bond donors (Lipinski definition) is 15. The first-order valence-corrected chi connectivity index (χ1v) is 18.9. The van der Waals surface area contributed by atoms with Crippen LogP contribution in [-0.4, -0.2) is 147 Å². The molecular weight excluding hydrogens is 794 g/mol. The number of nitrogens with two attached hydrogens (primary N) is 5. The van der Waals surface area contributed by atoms with Crippen molar-refractivity contribution in [2.45, 2.75) is 108 Å². The zero-order valence-electron chi connectivity index (χ0n) is 33.7. The Morgan fingerprint density at radius 1 is 0.683 bits per heavy atom. The maximum Gasteiger partial charge on any atom is 0.326 e. The van der Waals surface area contributed by atoms with Gasteiger partial charge in [0.05, 0.1) is 25.4 Å². The van der Waals surface area contributed by atoms with Gasteiger partial charge in [0.1, 0.15) is 36.3 Å². The summed E-state index contributed by atoms with van der Waals surface area (Å²) in [6.07, 6.45) is 1.99. The van der Waals surface area contributed by atoms with Crippen LogP contribution in [0.25, 0.3) is 0 Å². The zero-order valence-corrected chi connectivity index (χ0v) is 33.7. The van der Waals surface area contributed by atoms with Gasteiger partial charge in [-0.3, -0.25) is 43.5 Å². The van der Waals surface area contributed by atoms with Crippen molar-refractivity contribution >= 4 is 59.3 Å². The quantitative estimate of drug-likeness (QED) is 0.0212. The van der Waals surface area contributed by atoms with Crippen molar-refractivity contribution in [2.24, 2.45) is 44.6 Å². The number of amides is 6. The SMILES string of the molecule is CC(C)C[C@H](NC(=O)[C@H](Cc1cnc[nH]1)NC(=O)[C@H](CC(=O)O)NC(=O)[C@H](CO)NC(=O)[C@@H](N)CCCN=C(N)N)C(=O)N[C@@H](C)C(=O)N[C@@H](CCCN=C(N)N)C(=O)O. The summed E-state index contributed by atoms with van der Waals surface area (Å²) in [4.78, 5) is 117. The van der Waals surface area contributed by atoms with Crippen LogP contribution in [0.4, 0.5) is 0 Å². The summed E-state index contributed by atoms with van der Waals surface area (Å²) >= 11 is 0. The smallest absolute Gasteiger partial charge is 0.326 e. The highest BCUT2D eigenvalue weighted by molar-refractivity contribution is 5.98. The summed E-state index contributed by atoms with van der Waals surface area (Å²) in [5.74, 6) is -9.17. The van der Waals surface area contributed by atoms with E-state index in [1.165, 1.54) is 19.4 Å². The monoisotopic (exact) mass is 853 g/mol. The molecule has 0 spiro atoms. The minimum Gasteiger partial charge on any atom is -0.481 e. The highest BCUT2D eigenvalue weighted by Gasteiger charge is 2.34. The van der Waals surface area contributed by atoms with Crippen LogP contribution in [0.3, 0.4) is 0 Å². The van der Waals surface area contributed by atoms with Crippen molar-refractivity contribution in [1.29, 1.82) is 0 Å². The Bertz CT molecular complexity index is 1660. The Morgan fingerprint density at radius 3 is 1.70 bits per heavy atom. The third kappa shape index (κ3) is 20.2. The van der Waals surface area contributed by atoms with Crippen LogP contribution in [-0.2, 0) is 44.8 Å². The summed E-state index contributed by atoms with van der Waals surface area (Å²) in [6.45, 7) is 4.11. The van der Waals surface area contributed by atoms with Gasteiger partial charge in [-0.25, -0.2) is 9.78 Å². The van der Waals surface area contributed by atoms with Crippen LogP contribution in [0.5, 0.6) is 0 Å². The Hall–Kier alpha value is -6.57. The molecule has 0 saturated carbocycles. The van der Waals surface area contributed by atoms with Gasteiger partial charge in [0.15, 0.2) is 11.9 Å². The number of guanidine groups is 2. The molecule has 20 N–H and O–H groups in total. The molecule has 1 heterocycles. The first kappa shape index (κ1) is 51.4. The van der Waals surface area contributed by atoms with E-state index in [2.05, 4.69) is 51.9 Å². The number of carboxylic acids is 2. The van der Waals surface area contributed by atoms with Gasteiger partial charge >= 0.3 is 11.9 Å². The lowest BCUT2D eigenvalue weighted by atomic mass is 10.0. The summed E-state index contributed by atoms with van der Waals surface area (Å²) in [5, 5.41) is 43.1. The van der Waals surface area contributed by atoms with Crippen molar-refractivity contribution < 1.29 is 53.7 Å². The highest BCUT2D eigenvalue weighted by atomic mass is 16.4. The second-order valence-corrected chi connectivity index (χ2v) is 14.1. The van der Waals surface area contributed by atoms with E-state index in [4.69, 9.17) is 28.7 Å². The van der Waals surface area contributed by atoms with Crippen LogP contribution >= 0.6 is 0 Å². The molecule has 1 rings (SSSR count). The third-order valence-electron chi connectivity index (χ3n) is 8.40. The number of carbonyl (C=O) groups excluding carboxylic acids is 6. The number of aliphatic hydroxyl groups excluding tert-OH is 1. The second-order valence-electron chi connectivity index (χ2n) is 14.1. The first-order chi connectivity index (χ1) is 28.1. The largest absolute Gasteiger partial charge is 0.481 e. The molecule has 0 aliphatic rings. The van der Waals surface area contributed by atoms with Crippen molar-refractivity contribution in [1.82, 2.24) is 41.9 Å². The van der Waals surface area contributed by atoms with Crippen LogP contribution in [0.15, 0.2) is 22.5 Å². The number of aromatic amines is 1. The number of nitrogens with zero attached hydrogens (tertiary/aromatic N) is 3. The van der Waals surface area contributed by atoms with Gasteiger partial charge in [0.2, 0.25) is 35.4 Å². The number of aliphatic hydroxyl groups is 1. The molecular formula is C34H59N15O11. The maximum atomic E-state index is 13.8. The molecule has 0 aliphatic carbocycles. The molecule has 0 radical (unpaired) electrons. The molecule has 336 valence electrons. The molecule has 1 aromatic heterocycles. The van der Waals surface area contributed by atoms with E-state index in [1.54, 1.807) is 13.8 Å². The first-order valence-electron chi connectivity index (χ1n) is 18.9. The molecule has 1 aromatic rings. The average Bonchev–Trinajstić information content (AvgIpc) is 3.68. The average molecular weight is 854 g/mol. The lowest BCUT2D eigenvalue weighted by Gasteiger charge is -2.27. The topological polar surface area (TPSA) is 453 Å². The van der Waals surface area contributed by atoms with Crippen molar-refractivity contribution in [2.75, 3.05) is 19.7 Å². The predicted molar refractivity (Wildman–Crippen MR) is 214 cm³/mol. The standard InChI is InChI=1S/C34H59N15O11/c1-16(2)10-21(28(55)44-17(3)26(53)45-20(32(59)60)7-5-9-42-34(38)39)46-29(56)22(11-18-13-40-15-43-18)47-30(57)23(12-25(51)52)48-31(58)24(14-50)49-27(54)19(35)6-4-8-41-33(36)37/h13,15-17,19-24,50H,4-12,14,35H2,1-3H3,(H,40,43)(H,44,55)(H,45,53)(H,46,56)(H,47,57)(H,48,58)(H,49,54)(H,51,52)(H,59,60)(H4,36,37,41)(H4,38,39,42)/t17-,19-,20-,21-,22-,23-,24-/m0/s1. The summed E-state index contributed by atoms with van der Waals surface area (Å²) in [5.41, 5.74) is 27.3. The van der Waals surface area contributed by atoms with Gasteiger partial charge in [-0.05, 0) is 44.9 Å². The molecule has 0 unspecified atom stereocenters. The van der Waals surface area contributed by atoms with Gasteiger partial charge in [-0.15, -0.1) is 0 Å². The molecule has 26 nitrogen and oxygen atoms in total. The number of imidazole rings is 1. The lowest BCUT2D eigenvalue weighted by Crippen LogP contribution is -2.60. The number of aliphatic imine (C=N–C) groups is 2. The summed E-state index contributed by atoms with van der Waals surface area (Å²) < 4.78 is 0. The molecule has 0 aromatic carbocycles. The highest BCUT2D eigenvalue weighted by Crippen LogP contribution is 2.09. The van der Waals surface area contributed by atoms with E-state index in [9.17, 15) is 53.7 Å². The fourth-order valence-corrected chi connectivity index (χ4v) is 5.29. The molecule has 6 amide bonds. The van der Waals surface area contributed by atoms with E-state index < -0.39 is 103 Å². The molecule has 0 bridgehead atoms. The normalized spacial score (nSPS) is 14.4. The molecule has 26 heteroatoms. The van der Waals surface area contributed by atoms with Crippen molar-refractivity contribution in [3.63, 3.8) is 0 Å². The van der Waals surface area contributed by atoms with Crippen LogP contribution in [0.2, 0.25) is 0 Å². The van der Waals surface area contributed by atoms with Crippen LogP contribution < -0.4 is 60.6 Å². The number of aliphatic carboxylic acids is 2. The number of carboxylic acid groups (broad SMARTS) is 2. The van der Waals surface area contributed by atoms with E-state index in [0.717, 1.165) is 0 Å². The Morgan fingerprint density at radius 2 is 1.18 bits per heavy atom. The number of hydrogen-bond acceptors (Lipinski definition) is 13. The van der Waals surface area contributed by atoms with E-state index >= 15 is 0 Å². The minimum atomic E-state index is -1.85. The molecule has 60 heavy (non-hydrogen) atoms. The van der Waals surface area contributed by atoms with Crippen molar-refractivity contribution in [3.05, 3.63) is 18.2 Å². The van der Waals surface area contributed by atoms with Crippen molar-refractivity contribution in [3.8, 4) is 0 Å². The van der Waals surface area contributed by atoms with Crippen LogP contribution in [0.1, 0.15) is 65.0 Å². The summed E-state index contributed by atoms with van der Waals surface area (Å²) in [7, 11) is 0. The fourth-order valence-electron chi connectivity index (χ4n) is 5.29. The second kappa shape index (κ2) is 26.4. The Balaban J connectivity index is 3.18. The molecule has 0 saturated heterocycles. The van der Waals surface area contributed by atoms with E-state index in [1.807, 2.05) is 0 Å². The predicted octanol–water partition coefficient (Wildman–Crippen LogP) is -6.09. The third-order valence-corrected chi connectivity index (χ3v) is 8.40. The lowest BCUT2D eigenvalue weighted by molar-refractivity contribution is -0.142. The fraction of sp³-hybridized carbons (Fsp3) is 0.618. The number of rotatable bonds is 28. The van der Waals surface area contributed by atoms with Gasteiger partial charge < -0.3 is 80.9 Å². The molecule has 7 atom stereocenters. The minimum absolute atomic E-state index is 0.0259. The molecule has 0 fully saturated rings. The van der Waals surface area contributed by atoms with E-state index in [-0.39, 0.29) is 63.0 Å². The van der Waals surface area contributed by atoms with E-state index in [0.29, 0.717) is 12.1 Å². The maximum absolute atomic E-state index is 13.8. The van der Waals surface area contributed by atoms with Gasteiger partial charge in [-0.1, -0.05) is 13.8 Å². The van der Waals surface area contributed by atoms with Crippen LogP contribution in [0, 0.1) is 5.92 Å². The Labute approximate surface area is 345 Å². The zero-order chi connectivity index (χ0) is 45.5. The summed E-state index contributed by atoms with van der Waals surface area (Å²) in [6, 6.07) is -10.1. The van der Waals surface area contributed by atoms with Gasteiger partial charge in [0, 0.05) is 31.4 Å². The molecule has 0 aliphatic heterocycles.